The second-order valence-electron chi connectivity index (χ2n) is 6.33. The monoisotopic (exact) mass is 337 g/mol. The van der Waals surface area contributed by atoms with Gasteiger partial charge in [-0.1, -0.05) is 60.7 Å². The molecule has 1 amide bonds. The van der Waals surface area contributed by atoms with E-state index in [1.807, 2.05) is 60.7 Å². The molecule has 0 unspecified atom stereocenters. The lowest BCUT2D eigenvalue weighted by molar-refractivity contribution is -0.151. The molecule has 1 fully saturated rings. The van der Waals surface area contributed by atoms with Crippen molar-refractivity contribution < 1.29 is 14.3 Å². The van der Waals surface area contributed by atoms with Gasteiger partial charge in [0.15, 0.2) is 6.61 Å². The topological polar surface area (TPSA) is 46.6 Å². The van der Waals surface area contributed by atoms with Crippen LogP contribution in [0.1, 0.15) is 36.3 Å². The van der Waals surface area contributed by atoms with Gasteiger partial charge in [-0.2, -0.15) is 0 Å². The highest BCUT2D eigenvalue weighted by Crippen LogP contribution is 2.28. The molecule has 2 aromatic carbocycles. The van der Waals surface area contributed by atoms with Gasteiger partial charge >= 0.3 is 5.97 Å². The van der Waals surface area contributed by atoms with Crippen LogP contribution in [0.15, 0.2) is 60.7 Å². The molecule has 0 aromatic heterocycles. The summed E-state index contributed by atoms with van der Waals surface area (Å²) in [4.78, 5) is 26.1. The predicted molar refractivity (Wildman–Crippen MR) is 96.1 cm³/mol. The highest BCUT2D eigenvalue weighted by Gasteiger charge is 2.22. The van der Waals surface area contributed by atoms with Crippen molar-refractivity contribution in [1.29, 1.82) is 0 Å². The van der Waals surface area contributed by atoms with Gasteiger partial charge in [-0.3, -0.25) is 9.59 Å². The molecular formula is C21H23NO3. The summed E-state index contributed by atoms with van der Waals surface area (Å²) < 4.78 is 5.26. The fraction of sp³-hybridized carbons (Fsp3) is 0.333. The zero-order chi connectivity index (χ0) is 17.5. The molecule has 1 aliphatic rings. The van der Waals surface area contributed by atoms with E-state index in [0.717, 1.165) is 37.1 Å². The minimum atomic E-state index is -0.342. The van der Waals surface area contributed by atoms with Gasteiger partial charge < -0.3 is 9.64 Å². The summed E-state index contributed by atoms with van der Waals surface area (Å²) in [5.41, 5.74) is 2.13. The molecule has 0 saturated carbocycles. The number of rotatable bonds is 6. The summed E-state index contributed by atoms with van der Waals surface area (Å²) in [6.07, 6.45) is 2.29. The first-order valence-corrected chi connectivity index (χ1v) is 8.77. The van der Waals surface area contributed by atoms with Crippen molar-refractivity contribution in [3.8, 4) is 0 Å². The van der Waals surface area contributed by atoms with Crippen LogP contribution in [0.5, 0.6) is 0 Å². The molecule has 4 nitrogen and oxygen atoms in total. The van der Waals surface area contributed by atoms with Gasteiger partial charge in [0.1, 0.15) is 0 Å². The maximum Gasteiger partial charge on any atom is 0.307 e. The molecule has 25 heavy (non-hydrogen) atoms. The Hall–Kier alpha value is -2.62. The number of benzene rings is 2. The highest BCUT2D eigenvalue weighted by molar-refractivity contribution is 5.81. The summed E-state index contributed by atoms with van der Waals surface area (Å²) in [6, 6.07) is 19.8. The fourth-order valence-corrected chi connectivity index (χ4v) is 3.22. The Balaban J connectivity index is 1.64. The van der Waals surface area contributed by atoms with Gasteiger partial charge in [0.25, 0.3) is 5.91 Å². The fourth-order valence-electron chi connectivity index (χ4n) is 3.22. The van der Waals surface area contributed by atoms with Crippen LogP contribution in [0.2, 0.25) is 0 Å². The molecule has 1 aliphatic heterocycles. The van der Waals surface area contributed by atoms with E-state index in [2.05, 4.69) is 0 Å². The SMILES string of the molecule is O=C(CC(c1ccccc1)c1ccccc1)OCC(=O)N1CCCC1. The van der Waals surface area contributed by atoms with Crippen molar-refractivity contribution in [2.24, 2.45) is 0 Å². The van der Waals surface area contributed by atoms with E-state index in [1.54, 1.807) is 4.90 Å². The quantitative estimate of drug-likeness (QED) is 0.759. The lowest BCUT2D eigenvalue weighted by atomic mass is 9.89. The summed E-state index contributed by atoms with van der Waals surface area (Å²) in [7, 11) is 0. The van der Waals surface area contributed by atoms with E-state index in [-0.39, 0.29) is 30.8 Å². The molecule has 1 heterocycles. The first-order valence-electron chi connectivity index (χ1n) is 8.77. The molecule has 1 saturated heterocycles. The summed E-state index contributed by atoms with van der Waals surface area (Å²) in [5.74, 6) is -0.510. The van der Waals surface area contributed by atoms with E-state index < -0.39 is 0 Å². The molecule has 0 aliphatic carbocycles. The number of carbonyl (C=O) groups excluding carboxylic acids is 2. The Kier molecular flexibility index (Phi) is 5.83. The lowest BCUT2D eigenvalue weighted by Gasteiger charge is -2.18. The molecule has 0 N–H and O–H groups in total. The molecular weight excluding hydrogens is 314 g/mol. The summed E-state index contributed by atoms with van der Waals surface area (Å²) in [6.45, 7) is 1.38. The average molecular weight is 337 g/mol. The number of amides is 1. The first-order chi connectivity index (χ1) is 12.2. The average Bonchev–Trinajstić information content (AvgIpc) is 3.20. The smallest absolute Gasteiger partial charge is 0.307 e. The maximum atomic E-state index is 12.3. The Labute approximate surface area is 148 Å². The standard InChI is InChI=1S/C21H23NO3/c23-20(22-13-7-8-14-22)16-25-21(24)15-19(17-9-3-1-4-10-17)18-11-5-2-6-12-18/h1-6,9-12,19H,7-8,13-16H2. The number of carbonyl (C=O) groups is 2. The largest absolute Gasteiger partial charge is 0.456 e. The number of esters is 1. The van der Waals surface area contributed by atoms with Gasteiger partial charge in [-0.15, -0.1) is 0 Å². The van der Waals surface area contributed by atoms with Crippen LogP contribution in [0.25, 0.3) is 0 Å². The van der Waals surface area contributed by atoms with Gasteiger partial charge in [-0.05, 0) is 24.0 Å². The molecule has 130 valence electrons. The van der Waals surface area contributed by atoms with Crippen molar-refractivity contribution in [3.63, 3.8) is 0 Å². The zero-order valence-corrected chi connectivity index (χ0v) is 14.3. The van der Waals surface area contributed by atoms with Gasteiger partial charge in [0.2, 0.25) is 0 Å². The van der Waals surface area contributed by atoms with Crippen molar-refractivity contribution in [3.05, 3.63) is 71.8 Å². The van der Waals surface area contributed by atoms with Gasteiger partial charge in [-0.25, -0.2) is 0 Å². The van der Waals surface area contributed by atoms with E-state index in [4.69, 9.17) is 4.74 Å². The van der Waals surface area contributed by atoms with Crippen molar-refractivity contribution in [2.45, 2.75) is 25.2 Å². The number of hydrogen-bond donors (Lipinski definition) is 0. The lowest BCUT2D eigenvalue weighted by Crippen LogP contribution is -2.32. The second-order valence-corrected chi connectivity index (χ2v) is 6.33. The van der Waals surface area contributed by atoms with Crippen LogP contribution in [0, 0.1) is 0 Å². The Morgan fingerprint density at radius 3 is 1.92 bits per heavy atom. The molecule has 0 atom stereocenters. The maximum absolute atomic E-state index is 12.3. The predicted octanol–water partition coefficient (Wildman–Crippen LogP) is 3.37. The van der Waals surface area contributed by atoms with Crippen molar-refractivity contribution in [1.82, 2.24) is 4.90 Å². The number of nitrogens with zero attached hydrogens (tertiary/aromatic N) is 1. The molecule has 2 aromatic rings. The van der Waals surface area contributed by atoms with Gasteiger partial charge in [0, 0.05) is 19.0 Å². The van der Waals surface area contributed by atoms with Gasteiger partial charge in [0.05, 0.1) is 6.42 Å². The Bertz CT molecular complexity index is 654. The zero-order valence-electron chi connectivity index (χ0n) is 14.3. The molecule has 4 heteroatoms. The molecule has 0 spiro atoms. The third-order valence-electron chi connectivity index (χ3n) is 4.59. The Morgan fingerprint density at radius 2 is 1.40 bits per heavy atom. The first kappa shape index (κ1) is 17.2. The van der Waals surface area contributed by atoms with Crippen LogP contribution >= 0.6 is 0 Å². The normalized spacial score (nSPS) is 13.9. The van der Waals surface area contributed by atoms with Crippen LogP contribution in [0.4, 0.5) is 0 Å². The molecule has 3 rings (SSSR count). The Morgan fingerprint density at radius 1 is 0.880 bits per heavy atom. The van der Waals surface area contributed by atoms with Crippen LogP contribution in [-0.2, 0) is 14.3 Å². The number of ether oxygens (including phenoxy) is 1. The second kappa shape index (κ2) is 8.47. The van der Waals surface area contributed by atoms with Crippen molar-refractivity contribution >= 4 is 11.9 Å². The number of hydrogen-bond acceptors (Lipinski definition) is 3. The minimum Gasteiger partial charge on any atom is -0.456 e. The molecule has 0 bridgehead atoms. The summed E-state index contributed by atoms with van der Waals surface area (Å²) >= 11 is 0. The van der Waals surface area contributed by atoms with Crippen molar-refractivity contribution in [2.75, 3.05) is 19.7 Å². The number of likely N-dealkylation sites (tertiary alicyclic amines) is 1. The van der Waals surface area contributed by atoms with Crippen LogP contribution in [0.3, 0.4) is 0 Å². The minimum absolute atomic E-state index is 0.0724. The third kappa shape index (κ3) is 4.69. The van der Waals surface area contributed by atoms with E-state index in [9.17, 15) is 9.59 Å². The van der Waals surface area contributed by atoms with E-state index >= 15 is 0 Å². The molecule has 0 radical (unpaired) electrons. The van der Waals surface area contributed by atoms with Crippen LogP contribution < -0.4 is 0 Å². The van der Waals surface area contributed by atoms with E-state index in [1.165, 1.54) is 0 Å². The highest BCUT2D eigenvalue weighted by atomic mass is 16.5. The van der Waals surface area contributed by atoms with E-state index in [0.29, 0.717) is 0 Å². The summed E-state index contributed by atoms with van der Waals surface area (Å²) in [5, 5.41) is 0. The third-order valence-corrected chi connectivity index (χ3v) is 4.59. The van der Waals surface area contributed by atoms with Crippen LogP contribution in [-0.4, -0.2) is 36.5 Å².